The SMILES string of the molecule is Cc1c(F)cc(C(N)=O)cc1NC1COC(C)(C)OC1. The number of hydrogen-bond donors (Lipinski definition) is 2. The number of nitrogens with one attached hydrogen (secondary N) is 1. The smallest absolute Gasteiger partial charge is 0.248 e. The molecular weight excluding hydrogens is 263 g/mol. The summed E-state index contributed by atoms with van der Waals surface area (Å²) in [6.45, 7) is 6.18. The second kappa shape index (κ2) is 5.38. The van der Waals surface area contributed by atoms with Gasteiger partial charge in [0.25, 0.3) is 0 Å². The number of carbonyl (C=O) groups excluding carboxylic acids is 1. The van der Waals surface area contributed by atoms with Gasteiger partial charge in [0.05, 0.1) is 19.3 Å². The number of hydrogen-bond acceptors (Lipinski definition) is 4. The Morgan fingerprint density at radius 3 is 2.55 bits per heavy atom. The third-order valence-corrected chi connectivity index (χ3v) is 3.25. The monoisotopic (exact) mass is 282 g/mol. The lowest BCUT2D eigenvalue weighted by atomic mass is 10.1. The van der Waals surface area contributed by atoms with E-state index in [4.69, 9.17) is 15.2 Å². The van der Waals surface area contributed by atoms with Crippen LogP contribution >= 0.6 is 0 Å². The first kappa shape index (κ1) is 14.7. The molecular formula is C14H19FN2O3. The van der Waals surface area contributed by atoms with Crippen LogP contribution in [0.3, 0.4) is 0 Å². The van der Waals surface area contributed by atoms with E-state index in [1.54, 1.807) is 13.0 Å². The van der Waals surface area contributed by atoms with Gasteiger partial charge in [-0.05, 0) is 32.9 Å². The van der Waals surface area contributed by atoms with Crippen LogP contribution in [0.5, 0.6) is 0 Å². The van der Waals surface area contributed by atoms with Gasteiger partial charge in [-0.3, -0.25) is 4.79 Å². The number of ether oxygens (including phenoxy) is 2. The van der Waals surface area contributed by atoms with Crippen LogP contribution in [0.2, 0.25) is 0 Å². The predicted molar refractivity (Wildman–Crippen MR) is 73.0 cm³/mol. The molecule has 0 aromatic heterocycles. The second-order valence-corrected chi connectivity index (χ2v) is 5.36. The summed E-state index contributed by atoms with van der Waals surface area (Å²) in [6.07, 6.45) is 0. The highest BCUT2D eigenvalue weighted by Gasteiger charge is 2.28. The minimum absolute atomic E-state index is 0.107. The number of carbonyl (C=O) groups is 1. The van der Waals surface area contributed by atoms with Crippen LogP contribution < -0.4 is 11.1 Å². The molecule has 1 fully saturated rings. The first-order valence-electron chi connectivity index (χ1n) is 6.43. The van der Waals surface area contributed by atoms with E-state index >= 15 is 0 Å². The molecule has 1 saturated heterocycles. The Morgan fingerprint density at radius 1 is 1.40 bits per heavy atom. The van der Waals surface area contributed by atoms with Crippen molar-refractivity contribution in [2.75, 3.05) is 18.5 Å². The maximum Gasteiger partial charge on any atom is 0.248 e. The lowest BCUT2D eigenvalue weighted by molar-refractivity contribution is -0.247. The molecule has 0 bridgehead atoms. The first-order valence-corrected chi connectivity index (χ1v) is 6.43. The van der Waals surface area contributed by atoms with Crippen LogP contribution in [-0.2, 0) is 9.47 Å². The molecule has 5 nitrogen and oxygen atoms in total. The van der Waals surface area contributed by atoms with E-state index in [0.717, 1.165) is 6.07 Å². The summed E-state index contributed by atoms with van der Waals surface area (Å²) < 4.78 is 24.8. The predicted octanol–water partition coefficient (Wildman–Crippen LogP) is 1.80. The maximum absolute atomic E-state index is 13.8. The van der Waals surface area contributed by atoms with Gasteiger partial charge < -0.3 is 20.5 Å². The molecule has 6 heteroatoms. The van der Waals surface area contributed by atoms with E-state index in [0.29, 0.717) is 24.5 Å². The Morgan fingerprint density at radius 2 is 2.00 bits per heavy atom. The van der Waals surface area contributed by atoms with Crippen molar-refractivity contribution in [3.63, 3.8) is 0 Å². The summed E-state index contributed by atoms with van der Waals surface area (Å²) >= 11 is 0. The van der Waals surface area contributed by atoms with E-state index in [1.165, 1.54) is 0 Å². The Hall–Kier alpha value is -1.66. The largest absolute Gasteiger partial charge is 0.377 e. The van der Waals surface area contributed by atoms with Gasteiger partial charge in [0.1, 0.15) is 5.82 Å². The lowest BCUT2D eigenvalue weighted by Crippen LogP contribution is -2.45. The Kier molecular flexibility index (Phi) is 3.96. The fourth-order valence-corrected chi connectivity index (χ4v) is 1.97. The quantitative estimate of drug-likeness (QED) is 0.886. The summed E-state index contributed by atoms with van der Waals surface area (Å²) in [5.74, 6) is -1.74. The van der Waals surface area contributed by atoms with Gasteiger partial charge in [-0.25, -0.2) is 4.39 Å². The van der Waals surface area contributed by atoms with E-state index in [1.807, 2.05) is 13.8 Å². The summed E-state index contributed by atoms with van der Waals surface area (Å²) in [5.41, 5.74) is 6.27. The average molecular weight is 282 g/mol. The van der Waals surface area contributed by atoms with E-state index in [9.17, 15) is 9.18 Å². The fourth-order valence-electron chi connectivity index (χ4n) is 1.97. The lowest BCUT2D eigenvalue weighted by Gasteiger charge is -2.35. The van der Waals surface area contributed by atoms with Crippen molar-refractivity contribution < 1.29 is 18.7 Å². The van der Waals surface area contributed by atoms with Crippen LogP contribution in [-0.4, -0.2) is 30.9 Å². The van der Waals surface area contributed by atoms with Crippen molar-refractivity contribution in [2.45, 2.75) is 32.6 Å². The number of benzene rings is 1. The average Bonchev–Trinajstić information content (AvgIpc) is 2.36. The van der Waals surface area contributed by atoms with Crippen molar-refractivity contribution in [1.82, 2.24) is 0 Å². The molecule has 110 valence electrons. The zero-order chi connectivity index (χ0) is 14.9. The first-order chi connectivity index (χ1) is 9.28. The van der Waals surface area contributed by atoms with Crippen LogP contribution in [0.15, 0.2) is 12.1 Å². The summed E-state index contributed by atoms with van der Waals surface area (Å²) in [6, 6.07) is 2.57. The number of rotatable bonds is 3. The molecule has 1 aromatic carbocycles. The molecule has 0 saturated carbocycles. The number of nitrogens with two attached hydrogens (primary N) is 1. The number of amides is 1. The zero-order valence-corrected chi connectivity index (χ0v) is 11.8. The van der Waals surface area contributed by atoms with Crippen LogP contribution in [0.25, 0.3) is 0 Å². The standard InChI is InChI=1S/C14H19FN2O3/c1-8-11(15)4-9(13(16)18)5-12(8)17-10-6-19-14(2,3)20-7-10/h4-5,10,17H,6-7H2,1-3H3,(H2,16,18). The zero-order valence-electron chi connectivity index (χ0n) is 11.8. The minimum atomic E-state index is -0.663. The fraction of sp³-hybridized carbons (Fsp3) is 0.500. The van der Waals surface area contributed by atoms with Gasteiger partial charge in [0, 0.05) is 16.8 Å². The molecule has 1 amide bonds. The molecule has 1 aromatic rings. The minimum Gasteiger partial charge on any atom is -0.377 e. The van der Waals surface area contributed by atoms with Crippen molar-refractivity contribution in [1.29, 1.82) is 0 Å². The van der Waals surface area contributed by atoms with Gasteiger partial charge >= 0.3 is 0 Å². The maximum atomic E-state index is 13.8. The van der Waals surface area contributed by atoms with Crippen molar-refractivity contribution in [3.8, 4) is 0 Å². The summed E-state index contributed by atoms with van der Waals surface area (Å²) in [5, 5.41) is 3.13. The second-order valence-electron chi connectivity index (χ2n) is 5.36. The molecule has 2 rings (SSSR count). The van der Waals surface area contributed by atoms with Gasteiger partial charge in [-0.15, -0.1) is 0 Å². The third-order valence-electron chi connectivity index (χ3n) is 3.25. The number of anilines is 1. The normalized spacial score (nSPS) is 18.8. The molecule has 1 aliphatic heterocycles. The molecule has 0 spiro atoms. The molecule has 1 heterocycles. The highest BCUT2D eigenvalue weighted by Crippen LogP contribution is 2.24. The van der Waals surface area contributed by atoms with E-state index in [-0.39, 0.29) is 11.6 Å². The third kappa shape index (κ3) is 3.26. The highest BCUT2D eigenvalue weighted by atomic mass is 19.1. The van der Waals surface area contributed by atoms with E-state index < -0.39 is 17.5 Å². The molecule has 0 unspecified atom stereocenters. The molecule has 0 atom stereocenters. The summed E-state index contributed by atoms with van der Waals surface area (Å²) in [4.78, 5) is 11.2. The molecule has 3 N–H and O–H groups in total. The Balaban J connectivity index is 2.15. The van der Waals surface area contributed by atoms with Crippen LogP contribution in [0, 0.1) is 12.7 Å². The molecule has 0 aliphatic carbocycles. The molecule has 0 radical (unpaired) electrons. The number of halogens is 1. The van der Waals surface area contributed by atoms with Crippen molar-refractivity contribution in [3.05, 3.63) is 29.1 Å². The van der Waals surface area contributed by atoms with Crippen LogP contribution in [0.4, 0.5) is 10.1 Å². The van der Waals surface area contributed by atoms with Crippen LogP contribution in [0.1, 0.15) is 29.8 Å². The van der Waals surface area contributed by atoms with Crippen molar-refractivity contribution >= 4 is 11.6 Å². The van der Waals surface area contributed by atoms with E-state index in [2.05, 4.69) is 5.32 Å². The van der Waals surface area contributed by atoms with Gasteiger partial charge in [-0.1, -0.05) is 0 Å². The topological polar surface area (TPSA) is 73.6 Å². The number of primary amides is 1. The van der Waals surface area contributed by atoms with Gasteiger partial charge in [0.2, 0.25) is 5.91 Å². The molecule has 1 aliphatic rings. The van der Waals surface area contributed by atoms with Crippen molar-refractivity contribution in [2.24, 2.45) is 5.73 Å². The molecule has 20 heavy (non-hydrogen) atoms. The summed E-state index contributed by atoms with van der Waals surface area (Å²) in [7, 11) is 0. The Bertz CT molecular complexity index is 521. The Labute approximate surface area is 117 Å². The highest BCUT2D eigenvalue weighted by molar-refractivity contribution is 5.94. The van der Waals surface area contributed by atoms with Gasteiger partial charge in [0.15, 0.2) is 5.79 Å². The van der Waals surface area contributed by atoms with Gasteiger partial charge in [-0.2, -0.15) is 0 Å².